The molecule has 0 bridgehead atoms. The first-order valence-corrected chi connectivity index (χ1v) is 10.4. The molecule has 0 spiro atoms. The van der Waals surface area contributed by atoms with E-state index in [2.05, 4.69) is 34.0 Å². The summed E-state index contributed by atoms with van der Waals surface area (Å²) in [7, 11) is 3.90. The summed E-state index contributed by atoms with van der Waals surface area (Å²) < 4.78 is 46.2. The molecule has 0 amide bonds. The van der Waals surface area contributed by atoms with Gasteiger partial charge in [-0.3, -0.25) is 0 Å². The van der Waals surface area contributed by atoms with E-state index in [1.54, 1.807) is 6.07 Å². The molecule has 0 saturated carbocycles. The number of hydrogen-bond acceptors (Lipinski definition) is 4. The Hall–Kier alpha value is -2.69. The predicted molar refractivity (Wildman–Crippen MR) is 117 cm³/mol. The second-order valence-corrected chi connectivity index (χ2v) is 7.63. The zero-order valence-corrected chi connectivity index (χ0v) is 17.9. The number of alkyl halides is 3. The highest BCUT2D eigenvalue weighted by Gasteiger charge is 2.34. The van der Waals surface area contributed by atoms with E-state index in [9.17, 15) is 13.2 Å². The first kappa shape index (κ1) is 23.0. The van der Waals surface area contributed by atoms with E-state index < -0.39 is 11.7 Å². The molecule has 0 aliphatic carbocycles. The van der Waals surface area contributed by atoms with Crippen LogP contribution >= 0.6 is 0 Å². The molecular weight excluding hydrogens is 403 g/mol. The van der Waals surface area contributed by atoms with Gasteiger partial charge in [0.1, 0.15) is 5.75 Å². The lowest BCUT2D eigenvalue weighted by molar-refractivity contribution is -0.139. The Morgan fingerprint density at radius 3 is 2.26 bits per heavy atom. The Labute approximate surface area is 182 Å². The van der Waals surface area contributed by atoms with E-state index in [1.807, 2.05) is 31.3 Å². The molecule has 0 aromatic heterocycles. The van der Waals surface area contributed by atoms with Crippen LogP contribution in [0.4, 0.5) is 18.9 Å². The van der Waals surface area contributed by atoms with Crippen molar-refractivity contribution in [2.75, 3.05) is 58.7 Å². The molecule has 4 nitrogen and oxygen atoms in total. The molecule has 1 aliphatic heterocycles. The lowest BCUT2D eigenvalue weighted by atomic mass is 10.1. The Balaban J connectivity index is 1.62. The summed E-state index contributed by atoms with van der Waals surface area (Å²) in [5.41, 5.74) is 1.19. The quantitative estimate of drug-likeness (QED) is 0.549. The third kappa shape index (κ3) is 6.91. The molecular formula is C24H28F3N3O. The van der Waals surface area contributed by atoms with Gasteiger partial charge in [-0.15, -0.1) is 0 Å². The molecule has 0 unspecified atom stereocenters. The van der Waals surface area contributed by atoms with E-state index in [-0.39, 0.29) is 12.4 Å². The number of anilines is 1. The lowest BCUT2D eigenvalue weighted by Gasteiger charge is -2.32. The SMILES string of the molecule is CNc1ccc(C#Cc2ccc(OCCCN3CCN(C)CC3)c(C(F)(F)F)c2)cc1. The van der Waals surface area contributed by atoms with Gasteiger partial charge in [-0.2, -0.15) is 13.2 Å². The van der Waals surface area contributed by atoms with Crippen molar-refractivity contribution in [3.63, 3.8) is 0 Å². The first-order valence-electron chi connectivity index (χ1n) is 10.4. The fourth-order valence-corrected chi connectivity index (χ4v) is 3.36. The third-order valence-corrected chi connectivity index (χ3v) is 5.28. The van der Waals surface area contributed by atoms with Gasteiger partial charge in [0.15, 0.2) is 0 Å². The van der Waals surface area contributed by atoms with E-state index in [0.29, 0.717) is 12.0 Å². The maximum Gasteiger partial charge on any atom is 0.420 e. The molecule has 3 rings (SSSR count). The number of ether oxygens (including phenoxy) is 1. The molecule has 166 valence electrons. The Kier molecular flexibility index (Phi) is 7.83. The molecule has 0 radical (unpaired) electrons. The fraction of sp³-hybridized carbons (Fsp3) is 0.417. The van der Waals surface area contributed by atoms with E-state index >= 15 is 0 Å². The molecule has 1 N–H and O–H groups in total. The standard InChI is InChI=1S/C24H28F3N3O/c1-28-21-9-6-19(7-10-21)4-5-20-8-11-23(22(18-20)24(25,26)27)31-17-3-12-30-15-13-29(2)14-16-30/h6-11,18,28H,3,12-17H2,1-2H3. The van der Waals surface area contributed by atoms with Gasteiger partial charge < -0.3 is 19.9 Å². The average molecular weight is 432 g/mol. The Morgan fingerprint density at radius 2 is 1.61 bits per heavy atom. The summed E-state index contributed by atoms with van der Waals surface area (Å²) in [5, 5.41) is 3.01. The number of rotatable bonds is 6. The van der Waals surface area contributed by atoms with Crippen LogP contribution in [-0.4, -0.2) is 63.2 Å². The summed E-state index contributed by atoms with van der Waals surface area (Å²) in [6.07, 6.45) is -3.82. The normalized spacial score (nSPS) is 15.3. The Morgan fingerprint density at radius 1 is 0.968 bits per heavy atom. The number of likely N-dealkylation sites (N-methyl/N-ethyl adjacent to an activating group) is 1. The van der Waals surface area contributed by atoms with Crippen LogP contribution < -0.4 is 10.1 Å². The topological polar surface area (TPSA) is 27.7 Å². The minimum atomic E-state index is -4.50. The molecule has 2 aromatic carbocycles. The van der Waals surface area contributed by atoms with Gasteiger partial charge in [0, 0.05) is 56.6 Å². The molecule has 1 heterocycles. The van der Waals surface area contributed by atoms with Crippen LogP contribution in [0.15, 0.2) is 42.5 Å². The van der Waals surface area contributed by atoms with Crippen LogP contribution in [0.25, 0.3) is 0 Å². The first-order chi connectivity index (χ1) is 14.8. The van der Waals surface area contributed by atoms with Gasteiger partial charge in [0.2, 0.25) is 0 Å². The Bertz CT molecular complexity index is 908. The number of halogens is 3. The third-order valence-electron chi connectivity index (χ3n) is 5.28. The van der Waals surface area contributed by atoms with Gasteiger partial charge in [0.25, 0.3) is 0 Å². The fourth-order valence-electron chi connectivity index (χ4n) is 3.36. The van der Waals surface area contributed by atoms with E-state index in [1.165, 1.54) is 6.07 Å². The number of piperazine rings is 1. The van der Waals surface area contributed by atoms with Crippen molar-refractivity contribution in [3.8, 4) is 17.6 Å². The van der Waals surface area contributed by atoms with Crippen LogP contribution in [0.3, 0.4) is 0 Å². The zero-order valence-electron chi connectivity index (χ0n) is 17.9. The van der Waals surface area contributed by atoms with Gasteiger partial charge in [-0.1, -0.05) is 11.8 Å². The van der Waals surface area contributed by atoms with Crippen molar-refractivity contribution in [3.05, 3.63) is 59.2 Å². The number of benzene rings is 2. The summed E-state index contributed by atoms with van der Waals surface area (Å²) >= 11 is 0. The minimum absolute atomic E-state index is 0.144. The highest BCUT2D eigenvalue weighted by molar-refractivity contribution is 5.51. The maximum atomic E-state index is 13.6. The second-order valence-electron chi connectivity index (χ2n) is 7.63. The van der Waals surface area contributed by atoms with Crippen molar-refractivity contribution in [1.82, 2.24) is 9.80 Å². The van der Waals surface area contributed by atoms with E-state index in [0.717, 1.165) is 50.0 Å². The maximum absolute atomic E-state index is 13.6. The largest absolute Gasteiger partial charge is 0.493 e. The number of hydrogen-bond donors (Lipinski definition) is 1. The van der Waals surface area contributed by atoms with Crippen LogP contribution in [0, 0.1) is 11.8 Å². The highest BCUT2D eigenvalue weighted by atomic mass is 19.4. The smallest absolute Gasteiger partial charge is 0.420 e. The molecule has 7 heteroatoms. The van der Waals surface area contributed by atoms with Crippen LogP contribution in [0.2, 0.25) is 0 Å². The van der Waals surface area contributed by atoms with Crippen LogP contribution in [0.5, 0.6) is 5.75 Å². The molecule has 0 atom stereocenters. The van der Waals surface area contributed by atoms with Crippen molar-refractivity contribution in [2.24, 2.45) is 0 Å². The van der Waals surface area contributed by atoms with Crippen LogP contribution in [0.1, 0.15) is 23.1 Å². The van der Waals surface area contributed by atoms with Gasteiger partial charge >= 0.3 is 6.18 Å². The van der Waals surface area contributed by atoms with Crippen molar-refractivity contribution in [1.29, 1.82) is 0 Å². The second kappa shape index (κ2) is 10.6. The summed E-state index contributed by atoms with van der Waals surface area (Å²) in [6.45, 7) is 5.07. The monoisotopic (exact) mass is 431 g/mol. The average Bonchev–Trinajstić information content (AvgIpc) is 2.76. The van der Waals surface area contributed by atoms with Gasteiger partial charge in [-0.05, 0) is 55.9 Å². The van der Waals surface area contributed by atoms with Crippen molar-refractivity contribution in [2.45, 2.75) is 12.6 Å². The van der Waals surface area contributed by atoms with Crippen molar-refractivity contribution < 1.29 is 17.9 Å². The van der Waals surface area contributed by atoms with Crippen LogP contribution in [-0.2, 0) is 6.18 Å². The molecule has 31 heavy (non-hydrogen) atoms. The molecule has 1 aliphatic rings. The van der Waals surface area contributed by atoms with E-state index in [4.69, 9.17) is 4.74 Å². The molecule has 2 aromatic rings. The summed E-state index contributed by atoms with van der Waals surface area (Å²) in [5.74, 6) is 5.58. The molecule has 1 fully saturated rings. The summed E-state index contributed by atoms with van der Waals surface area (Å²) in [4.78, 5) is 4.58. The van der Waals surface area contributed by atoms with Gasteiger partial charge in [0.05, 0.1) is 12.2 Å². The predicted octanol–water partition coefficient (Wildman–Crippen LogP) is 4.16. The number of nitrogens with one attached hydrogen (secondary N) is 1. The van der Waals surface area contributed by atoms with Gasteiger partial charge in [-0.25, -0.2) is 0 Å². The molecule has 1 saturated heterocycles. The lowest BCUT2D eigenvalue weighted by Crippen LogP contribution is -2.44. The summed E-state index contributed by atoms with van der Waals surface area (Å²) in [6, 6.07) is 11.4. The minimum Gasteiger partial charge on any atom is -0.493 e. The number of nitrogens with zero attached hydrogens (tertiary/aromatic N) is 2. The highest BCUT2D eigenvalue weighted by Crippen LogP contribution is 2.36. The van der Waals surface area contributed by atoms with Crippen molar-refractivity contribution >= 4 is 5.69 Å². The zero-order chi connectivity index (χ0) is 22.3.